The van der Waals surface area contributed by atoms with Crippen LogP contribution in [-0.2, 0) is 32.6 Å². The Balaban J connectivity index is 2.09. The van der Waals surface area contributed by atoms with E-state index in [1.807, 2.05) is 44.2 Å². The third-order valence-electron chi connectivity index (χ3n) is 6.71. The maximum atomic E-state index is 14.2. The molecular weight excluding hydrogens is 621 g/mol. The molecule has 0 aliphatic carbocycles. The van der Waals surface area contributed by atoms with Crippen molar-refractivity contribution in [2.45, 2.75) is 45.3 Å². The van der Waals surface area contributed by atoms with Gasteiger partial charge in [0.2, 0.25) is 21.8 Å². The molecule has 3 rings (SSSR count). The van der Waals surface area contributed by atoms with Crippen LogP contribution >= 0.6 is 34.8 Å². The van der Waals surface area contributed by atoms with Crippen molar-refractivity contribution >= 4 is 62.3 Å². The number of nitrogens with one attached hydrogen (secondary N) is 1. The highest BCUT2D eigenvalue weighted by molar-refractivity contribution is 7.92. The number of nitrogens with zero attached hydrogens (tertiary/aromatic N) is 2. The Morgan fingerprint density at radius 3 is 2.19 bits per heavy atom. The molecule has 0 saturated heterocycles. The van der Waals surface area contributed by atoms with E-state index in [9.17, 15) is 18.0 Å². The predicted molar refractivity (Wildman–Crippen MR) is 169 cm³/mol. The molecule has 0 aliphatic rings. The Labute approximate surface area is 262 Å². The third-order valence-corrected chi connectivity index (χ3v) is 8.89. The zero-order chi connectivity index (χ0) is 31.0. The lowest BCUT2D eigenvalue weighted by Crippen LogP contribution is -2.54. The van der Waals surface area contributed by atoms with Crippen molar-refractivity contribution < 1.29 is 22.7 Å². The number of rotatable bonds is 13. The zero-order valence-corrected chi connectivity index (χ0v) is 26.9. The van der Waals surface area contributed by atoms with E-state index < -0.39 is 28.5 Å². The fourth-order valence-corrected chi connectivity index (χ4v) is 5.67. The first kappa shape index (κ1) is 33.5. The molecule has 1 N–H and O–H groups in total. The van der Waals surface area contributed by atoms with Crippen molar-refractivity contribution in [3.63, 3.8) is 0 Å². The minimum Gasteiger partial charge on any atom is -0.495 e. The molecule has 0 spiro atoms. The molecule has 12 heteroatoms. The molecule has 0 heterocycles. The Morgan fingerprint density at radius 1 is 0.929 bits per heavy atom. The molecule has 0 aromatic heterocycles. The summed E-state index contributed by atoms with van der Waals surface area (Å²) in [5.41, 5.74) is 1.62. The number of ether oxygens (including phenoxy) is 1. The van der Waals surface area contributed by atoms with Gasteiger partial charge in [-0.25, -0.2) is 8.42 Å². The molecule has 3 aromatic rings. The standard InChI is InChI=1S/C30H34Cl3N3O5S/c1-5-20(2)34-30(38)27(16-21-9-7-6-8-10-21)35(18-22-11-13-24(31)25(32)15-22)29(37)19-36(42(4,39)40)23-12-14-28(41-3)26(33)17-23/h6-15,17,20,27H,5,16,18-19H2,1-4H3,(H,34,38)/t20-,27+/m1/s1. The first-order valence-corrected chi connectivity index (χ1v) is 16.2. The van der Waals surface area contributed by atoms with Crippen LogP contribution in [0.25, 0.3) is 0 Å². The molecule has 42 heavy (non-hydrogen) atoms. The Morgan fingerprint density at radius 2 is 1.62 bits per heavy atom. The molecule has 0 aliphatic heterocycles. The van der Waals surface area contributed by atoms with Crippen molar-refractivity contribution in [2.75, 3.05) is 24.2 Å². The fourth-order valence-electron chi connectivity index (χ4n) is 4.25. The van der Waals surface area contributed by atoms with E-state index in [4.69, 9.17) is 39.5 Å². The lowest BCUT2D eigenvalue weighted by atomic mass is 10.0. The average Bonchev–Trinajstić information content (AvgIpc) is 2.95. The monoisotopic (exact) mass is 653 g/mol. The highest BCUT2D eigenvalue weighted by Gasteiger charge is 2.33. The molecule has 226 valence electrons. The molecule has 0 radical (unpaired) electrons. The van der Waals surface area contributed by atoms with Crippen LogP contribution in [0.2, 0.25) is 15.1 Å². The molecule has 8 nitrogen and oxygen atoms in total. The summed E-state index contributed by atoms with van der Waals surface area (Å²) in [4.78, 5) is 29.3. The average molecular weight is 655 g/mol. The number of hydrogen-bond acceptors (Lipinski definition) is 5. The number of hydrogen-bond donors (Lipinski definition) is 1. The van der Waals surface area contributed by atoms with Gasteiger partial charge in [-0.05, 0) is 54.8 Å². The summed E-state index contributed by atoms with van der Waals surface area (Å²) < 4.78 is 32.0. The molecule has 0 unspecified atom stereocenters. The summed E-state index contributed by atoms with van der Waals surface area (Å²) in [6.07, 6.45) is 1.88. The minimum absolute atomic E-state index is 0.0257. The Hall–Kier alpha value is -2.98. The minimum atomic E-state index is -3.95. The van der Waals surface area contributed by atoms with Crippen molar-refractivity contribution in [3.05, 3.63) is 92.9 Å². The number of sulfonamides is 1. The normalized spacial score (nSPS) is 12.7. The summed E-state index contributed by atoms with van der Waals surface area (Å²) in [5.74, 6) is -0.607. The van der Waals surface area contributed by atoms with E-state index in [0.29, 0.717) is 22.8 Å². The molecule has 3 aromatic carbocycles. The van der Waals surface area contributed by atoms with Crippen LogP contribution < -0.4 is 14.4 Å². The number of carbonyl (C=O) groups excluding carboxylic acids is 2. The topological polar surface area (TPSA) is 96.0 Å². The van der Waals surface area contributed by atoms with Gasteiger partial charge in [0.15, 0.2) is 0 Å². The Kier molecular flexibility index (Phi) is 11.9. The number of methoxy groups -OCH3 is 1. The quantitative estimate of drug-likeness (QED) is 0.245. The highest BCUT2D eigenvalue weighted by Crippen LogP contribution is 2.31. The van der Waals surface area contributed by atoms with Crippen molar-refractivity contribution in [1.29, 1.82) is 0 Å². The van der Waals surface area contributed by atoms with E-state index in [0.717, 1.165) is 16.1 Å². The van der Waals surface area contributed by atoms with Crippen molar-refractivity contribution in [2.24, 2.45) is 0 Å². The number of amides is 2. The number of halogens is 3. The van der Waals surface area contributed by atoms with Gasteiger partial charge in [0, 0.05) is 19.0 Å². The van der Waals surface area contributed by atoms with Crippen LogP contribution in [0.15, 0.2) is 66.7 Å². The van der Waals surface area contributed by atoms with Crippen LogP contribution in [0.4, 0.5) is 5.69 Å². The molecule has 0 fully saturated rings. The maximum absolute atomic E-state index is 14.2. The first-order valence-electron chi connectivity index (χ1n) is 13.2. The lowest BCUT2D eigenvalue weighted by molar-refractivity contribution is -0.140. The van der Waals surface area contributed by atoms with E-state index >= 15 is 0 Å². The van der Waals surface area contributed by atoms with Crippen molar-refractivity contribution in [1.82, 2.24) is 10.2 Å². The number of benzene rings is 3. The van der Waals surface area contributed by atoms with Gasteiger partial charge in [0.25, 0.3) is 0 Å². The van der Waals surface area contributed by atoms with Gasteiger partial charge in [-0.3, -0.25) is 13.9 Å². The SMILES string of the molecule is CC[C@@H](C)NC(=O)[C@H](Cc1ccccc1)N(Cc1ccc(Cl)c(Cl)c1)C(=O)CN(c1ccc(OC)c(Cl)c1)S(C)(=O)=O. The van der Waals surface area contributed by atoms with Crippen LogP contribution in [0, 0.1) is 0 Å². The van der Waals surface area contributed by atoms with E-state index in [2.05, 4.69) is 5.32 Å². The van der Waals surface area contributed by atoms with Crippen LogP contribution in [-0.4, -0.2) is 57.1 Å². The van der Waals surface area contributed by atoms with Crippen LogP contribution in [0.3, 0.4) is 0 Å². The van der Waals surface area contributed by atoms with Gasteiger partial charge in [0.05, 0.1) is 34.1 Å². The largest absolute Gasteiger partial charge is 0.495 e. The lowest BCUT2D eigenvalue weighted by Gasteiger charge is -2.34. The Bertz CT molecular complexity index is 1510. The van der Waals surface area contributed by atoms with Gasteiger partial charge < -0.3 is 15.0 Å². The molecule has 2 atom stereocenters. The van der Waals surface area contributed by atoms with Crippen LogP contribution in [0.5, 0.6) is 5.75 Å². The van der Waals surface area contributed by atoms with Crippen LogP contribution in [0.1, 0.15) is 31.4 Å². The van der Waals surface area contributed by atoms with Gasteiger partial charge in [-0.15, -0.1) is 0 Å². The number of carbonyl (C=O) groups is 2. The molecule has 0 bridgehead atoms. The summed E-state index contributed by atoms with van der Waals surface area (Å²) in [5, 5.41) is 3.79. The van der Waals surface area contributed by atoms with E-state index in [1.165, 1.54) is 30.2 Å². The van der Waals surface area contributed by atoms with E-state index in [-0.39, 0.29) is 40.6 Å². The highest BCUT2D eigenvalue weighted by atomic mass is 35.5. The smallest absolute Gasteiger partial charge is 0.244 e. The summed E-state index contributed by atoms with van der Waals surface area (Å²) in [7, 11) is -2.51. The summed E-state index contributed by atoms with van der Waals surface area (Å²) in [6.45, 7) is 3.22. The van der Waals surface area contributed by atoms with Crippen molar-refractivity contribution in [3.8, 4) is 5.75 Å². The number of anilines is 1. The van der Waals surface area contributed by atoms with E-state index in [1.54, 1.807) is 18.2 Å². The summed E-state index contributed by atoms with van der Waals surface area (Å²) >= 11 is 18.7. The molecular formula is C30H34Cl3N3O5S. The van der Waals surface area contributed by atoms with Gasteiger partial charge >= 0.3 is 0 Å². The third kappa shape index (κ3) is 9.01. The second-order valence-electron chi connectivity index (χ2n) is 9.88. The zero-order valence-electron chi connectivity index (χ0n) is 23.8. The fraction of sp³-hybridized carbons (Fsp3) is 0.333. The second-order valence-corrected chi connectivity index (χ2v) is 13.0. The molecule has 2 amide bonds. The summed E-state index contributed by atoms with van der Waals surface area (Å²) in [6, 6.07) is 17.5. The first-order chi connectivity index (χ1) is 19.8. The van der Waals surface area contributed by atoms with Gasteiger partial charge in [-0.2, -0.15) is 0 Å². The second kappa shape index (κ2) is 15.0. The predicted octanol–water partition coefficient (Wildman–Crippen LogP) is 5.98. The van der Waals surface area contributed by atoms with Gasteiger partial charge in [0.1, 0.15) is 18.3 Å². The van der Waals surface area contributed by atoms with Gasteiger partial charge in [-0.1, -0.05) is 78.1 Å². The maximum Gasteiger partial charge on any atom is 0.244 e. The molecule has 0 saturated carbocycles.